The molecular weight excluding hydrogens is 278 g/mol. The van der Waals surface area contributed by atoms with Crippen LogP contribution in [0.2, 0.25) is 0 Å². The minimum atomic E-state index is -0.000851. The van der Waals surface area contributed by atoms with Crippen molar-refractivity contribution in [2.24, 2.45) is 0 Å². The second-order valence-corrected chi connectivity index (χ2v) is 5.73. The first kappa shape index (κ1) is 13.2. The van der Waals surface area contributed by atoms with E-state index in [4.69, 9.17) is 0 Å². The van der Waals surface area contributed by atoms with Gasteiger partial charge in [-0.25, -0.2) is 9.97 Å². The van der Waals surface area contributed by atoms with Crippen molar-refractivity contribution in [3.63, 3.8) is 0 Å². The van der Waals surface area contributed by atoms with Gasteiger partial charge in [0.2, 0.25) is 0 Å². The Bertz CT molecular complexity index is 846. The maximum atomic E-state index is 12.7. The molecule has 112 valence electrons. The van der Waals surface area contributed by atoms with Gasteiger partial charge in [-0.2, -0.15) is 9.78 Å². The number of rotatable bonds is 2. The van der Waals surface area contributed by atoms with Gasteiger partial charge in [0.15, 0.2) is 11.5 Å². The van der Waals surface area contributed by atoms with Crippen molar-refractivity contribution < 1.29 is 0 Å². The molecule has 1 fully saturated rings. The Hall–Kier alpha value is -2.50. The van der Waals surface area contributed by atoms with Crippen LogP contribution in [0.5, 0.6) is 0 Å². The average Bonchev–Trinajstić information content (AvgIpc) is 3.02. The van der Waals surface area contributed by atoms with Gasteiger partial charge in [0, 0.05) is 12.2 Å². The van der Waals surface area contributed by atoms with Crippen LogP contribution in [0.4, 0.5) is 0 Å². The molecule has 4 rings (SSSR count). The molecule has 0 spiro atoms. The largest absolute Gasteiger partial charge is 0.295 e. The SMILES string of the molecule is O=c1c2cnn(-c3ccccn3)c2ncn1C1CCCCC1. The Labute approximate surface area is 127 Å². The molecule has 6 nitrogen and oxygen atoms in total. The van der Waals surface area contributed by atoms with Gasteiger partial charge in [0.25, 0.3) is 5.56 Å². The van der Waals surface area contributed by atoms with Crippen LogP contribution in [-0.4, -0.2) is 24.3 Å². The number of aromatic nitrogens is 5. The highest BCUT2D eigenvalue weighted by molar-refractivity contribution is 5.74. The summed E-state index contributed by atoms with van der Waals surface area (Å²) in [7, 11) is 0. The molecule has 0 radical (unpaired) electrons. The molecule has 1 aliphatic carbocycles. The topological polar surface area (TPSA) is 65.6 Å². The molecule has 1 saturated carbocycles. The Kier molecular flexibility index (Phi) is 3.21. The van der Waals surface area contributed by atoms with Crippen LogP contribution in [0.25, 0.3) is 16.9 Å². The molecule has 3 aromatic rings. The second kappa shape index (κ2) is 5.36. The lowest BCUT2D eigenvalue weighted by atomic mass is 9.95. The standard InChI is InChI=1S/C16H17N5O/c22-16-13-10-19-21(14-8-4-5-9-17-14)15(13)18-11-20(16)12-6-2-1-3-7-12/h4-5,8-12H,1-3,6-7H2. The predicted octanol–water partition coefficient (Wildman–Crippen LogP) is 2.48. The zero-order chi connectivity index (χ0) is 14.9. The predicted molar refractivity (Wildman–Crippen MR) is 83.0 cm³/mol. The fourth-order valence-corrected chi connectivity index (χ4v) is 3.19. The van der Waals surface area contributed by atoms with E-state index in [1.807, 2.05) is 18.2 Å². The quantitative estimate of drug-likeness (QED) is 0.728. The van der Waals surface area contributed by atoms with E-state index in [0.29, 0.717) is 16.9 Å². The zero-order valence-electron chi connectivity index (χ0n) is 12.2. The summed E-state index contributed by atoms with van der Waals surface area (Å²) in [6.45, 7) is 0. The summed E-state index contributed by atoms with van der Waals surface area (Å²) < 4.78 is 3.40. The maximum Gasteiger partial charge on any atom is 0.264 e. The molecule has 0 N–H and O–H groups in total. The molecule has 0 amide bonds. The van der Waals surface area contributed by atoms with Gasteiger partial charge in [-0.1, -0.05) is 25.3 Å². The van der Waals surface area contributed by atoms with Crippen molar-refractivity contribution in [1.29, 1.82) is 0 Å². The van der Waals surface area contributed by atoms with Crippen molar-refractivity contribution in [2.75, 3.05) is 0 Å². The number of hydrogen-bond acceptors (Lipinski definition) is 4. The minimum absolute atomic E-state index is 0.000851. The fourth-order valence-electron chi connectivity index (χ4n) is 3.19. The molecule has 3 aromatic heterocycles. The van der Waals surface area contributed by atoms with Crippen LogP contribution in [0.3, 0.4) is 0 Å². The molecule has 6 heteroatoms. The van der Waals surface area contributed by atoms with Crippen LogP contribution in [0, 0.1) is 0 Å². The molecule has 1 aliphatic rings. The van der Waals surface area contributed by atoms with Crippen LogP contribution in [0.1, 0.15) is 38.1 Å². The lowest BCUT2D eigenvalue weighted by molar-refractivity contribution is 0.345. The molecule has 0 bridgehead atoms. The number of hydrogen-bond donors (Lipinski definition) is 0. The van der Waals surface area contributed by atoms with Gasteiger partial charge in [-0.3, -0.25) is 9.36 Å². The monoisotopic (exact) mass is 295 g/mol. The van der Waals surface area contributed by atoms with Crippen molar-refractivity contribution in [1.82, 2.24) is 24.3 Å². The minimum Gasteiger partial charge on any atom is -0.295 e. The first-order valence-electron chi connectivity index (χ1n) is 7.71. The highest BCUT2D eigenvalue weighted by Gasteiger charge is 2.19. The lowest BCUT2D eigenvalue weighted by Gasteiger charge is -2.23. The summed E-state index contributed by atoms with van der Waals surface area (Å²) in [6.07, 6.45) is 10.7. The summed E-state index contributed by atoms with van der Waals surface area (Å²) in [6, 6.07) is 5.86. The normalized spacial score (nSPS) is 16.2. The number of pyridine rings is 1. The van der Waals surface area contributed by atoms with E-state index < -0.39 is 0 Å². The lowest BCUT2D eigenvalue weighted by Crippen LogP contribution is -2.26. The zero-order valence-corrected chi connectivity index (χ0v) is 12.2. The van der Waals surface area contributed by atoms with Gasteiger partial charge >= 0.3 is 0 Å². The maximum absolute atomic E-state index is 12.7. The molecule has 0 aromatic carbocycles. The van der Waals surface area contributed by atoms with Crippen LogP contribution >= 0.6 is 0 Å². The Morgan fingerprint density at radius 1 is 1.09 bits per heavy atom. The van der Waals surface area contributed by atoms with E-state index in [2.05, 4.69) is 15.1 Å². The molecule has 22 heavy (non-hydrogen) atoms. The average molecular weight is 295 g/mol. The summed E-state index contributed by atoms with van der Waals surface area (Å²) in [4.78, 5) is 21.5. The molecule has 0 saturated heterocycles. The van der Waals surface area contributed by atoms with E-state index >= 15 is 0 Å². The molecular formula is C16H17N5O. The van der Waals surface area contributed by atoms with Crippen LogP contribution in [0.15, 0.2) is 41.7 Å². The van der Waals surface area contributed by atoms with E-state index in [0.717, 1.165) is 12.8 Å². The van der Waals surface area contributed by atoms with Gasteiger partial charge in [0.05, 0.1) is 6.20 Å². The summed E-state index contributed by atoms with van der Waals surface area (Å²) >= 11 is 0. The summed E-state index contributed by atoms with van der Waals surface area (Å²) in [5, 5.41) is 4.85. The van der Waals surface area contributed by atoms with Gasteiger partial charge in [-0.15, -0.1) is 0 Å². The Morgan fingerprint density at radius 3 is 2.73 bits per heavy atom. The van der Waals surface area contributed by atoms with Crippen molar-refractivity contribution in [3.05, 3.63) is 47.3 Å². The highest BCUT2D eigenvalue weighted by atomic mass is 16.1. The third-order valence-corrected chi connectivity index (χ3v) is 4.35. The fraction of sp³-hybridized carbons (Fsp3) is 0.375. The smallest absolute Gasteiger partial charge is 0.264 e. The van der Waals surface area contributed by atoms with Crippen LogP contribution < -0.4 is 5.56 Å². The van der Waals surface area contributed by atoms with Crippen molar-refractivity contribution in [2.45, 2.75) is 38.1 Å². The first-order valence-corrected chi connectivity index (χ1v) is 7.71. The van der Waals surface area contributed by atoms with Crippen molar-refractivity contribution in [3.8, 4) is 5.82 Å². The molecule has 0 unspecified atom stereocenters. The van der Waals surface area contributed by atoms with E-state index in [1.54, 1.807) is 28.0 Å². The number of nitrogens with zero attached hydrogens (tertiary/aromatic N) is 5. The third kappa shape index (κ3) is 2.11. The first-order chi connectivity index (χ1) is 10.8. The molecule has 0 atom stereocenters. The van der Waals surface area contributed by atoms with Crippen molar-refractivity contribution >= 4 is 11.0 Å². The number of fused-ring (bicyclic) bond motifs is 1. The highest BCUT2D eigenvalue weighted by Crippen LogP contribution is 2.27. The Morgan fingerprint density at radius 2 is 1.95 bits per heavy atom. The van der Waals surface area contributed by atoms with Gasteiger partial charge in [-0.05, 0) is 25.0 Å². The Balaban J connectivity index is 1.82. The summed E-state index contributed by atoms with van der Waals surface area (Å²) in [5.41, 5.74) is 0.565. The van der Waals surface area contributed by atoms with E-state index in [1.165, 1.54) is 19.3 Å². The van der Waals surface area contributed by atoms with E-state index in [-0.39, 0.29) is 11.6 Å². The van der Waals surface area contributed by atoms with Gasteiger partial charge < -0.3 is 0 Å². The molecule has 0 aliphatic heterocycles. The van der Waals surface area contributed by atoms with Crippen LogP contribution in [-0.2, 0) is 0 Å². The third-order valence-electron chi connectivity index (χ3n) is 4.35. The summed E-state index contributed by atoms with van der Waals surface area (Å²) in [5.74, 6) is 0.666. The van der Waals surface area contributed by atoms with E-state index in [9.17, 15) is 4.79 Å². The van der Waals surface area contributed by atoms with Gasteiger partial charge in [0.1, 0.15) is 11.7 Å². The molecule has 3 heterocycles. The second-order valence-electron chi connectivity index (χ2n) is 5.73.